The predicted octanol–water partition coefficient (Wildman–Crippen LogP) is 3.69. The van der Waals surface area contributed by atoms with Crippen molar-refractivity contribution in [3.05, 3.63) is 71.6 Å². The van der Waals surface area contributed by atoms with Crippen LogP contribution in [-0.2, 0) is 0 Å². The first-order valence-corrected chi connectivity index (χ1v) is 10.1. The maximum atomic E-state index is 5.04. The SMILES string of the molecule is Bc1nc(Br)nc2c1ccc1ccc(-n3c4ccccc4c4cccnc43)nc12. The molecule has 4 aromatic heterocycles. The second kappa shape index (κ2) is 6.09. The van der Waals surface area contributed by atoms with E-state index in [1.807, 2.05) is 32.2 Å². The van der Waals surface area contributed by atoms with E-state index in [4.69, 9.17) is 4.98 Å². The molecule has 5 nitrogen and oxygen atoms in total. The molecule has 0 atom stereocenters. The quantitative estimate of drug-likeness (QED) is 0.223. The summed E-state index contributed by atoms with van der Waals surface area (Å²) in [4.78, 5) is 18.8. The van der Waals surface area contributed by atoms with Crippen LogP contribution in [0.15, 0.2) is 71.6 Å². The van der Waals surface area contributed by atoms with Gasteiger partial charge in [0.1, 0.15) is 17.0 Å². The van der Waals surface area contributed by atoms with E-state index in [0.717, 1.165) is 55.2 Å². The highest BCUT2D eigenvalue weighted by atomic mass is 79.9. The highest BCUT2D eigenvalue weighted by Gasteiger charge is 2.15. The van der Waals surface area contributed by atoms with Gasteiger partial charge in [-0.1, -0.05) is 30.3 Å². The summed E-state index contributed by atoms with van der Waals surface area (Å²) in [5.74, 6) is 0.822. The van der Waals surface area contributed by atoms with E-state index in [0.29, 0.717) is 4.73 Å². The van der Waals surface area contributed by atoms with E-state index >= 15 is 0 Å². The first kappa shape index (κ1) is 16.6. The maximum absolute atomic E-state index is 5.04. The number of fused-ring (bicyclic) bond motifs is 6. The minimum absolute atomic E-state index is 0.570. The smallest absolute Gasteiger partial charge is 0.196 e. The Morgan fingerprint density at radius 3 is 2.52 bits per heavy atom. The van der Waals surface area contributed by atoms with Gasteiger partial charge in [-0.2, -0.15) is 0 Å². The number of rotatable bonds is 1. The molecule has 0 aliphatic rings. The zero-order valence-corrected chi connectivity index (χ0v) is 17.1. The summed E-state index contributed by atoms with van der Waals surface area (Å²) in [5.41, 5.74) is 4.60. The summed E-state index contributed by atoms with van der Waals surface area (Å²) in [6.07, 6.45) is 1.82. The average molecular weight is 438 g/mol. The van der Waals surface area contributed by atoms with Crippen LogP contribution in [-0.4, -0.2) is 32.3 Å². The summed E-state index contributed by atoms with van der Waals surface area (Å²) in [5, 5.41) is 4.32. The van der Waals surface area contributed by atoms with Gasteiger partial charge in [0, 0.05) is 33.3 Å². The molecule has 0 saturated heterocycles. The molecule has 0 aliphatic heterocycles. The van der Waals surface area contributed by atoms with E-state index in [9.17, 15) is 0 Å². The Hall–Kier alpha value is -3.32. The molecular weight excluding hydrogens is 425 g/mol. The summed E-state index contributed by atoms with van der Waals surface area (Å²) in [6.45, 7) is 0. The molecule has 0 saturated carbocycles. The van der Waals surface area contributed by atoms with Crippen molar-refractivity contribution >= 4 is 73.1 Å². The molecule has 0 amide bonds. The first-order valence-electron chi connectivity index (χ1n) is 9.29. The van der Waals surface area contributed by atoms with Gasteiger partial charge in [0.05, 0.1) is 11.0 Å². The molecule has 6 aromatic rings. The van der Waals surface area contributed by atoms with Crippen molar-refractivity contribution in [3.8, 4) is 5.82 Å². The molecule has 0 spiro atoms. The first-order chi connectivity index (χ1) is 14.2. The van der Waals surface area contributed by atoms with Gasteiger partial charge in [0.2, 0.25) is 0 Å². The molecular formula is C22H13BBrN5. The fourth-order valence-electron chi connectivity index (χ4n) is 4.04. The van der Waals surface area contributed by atoms with Gasteiger partial charge in [-0.25, -0.2) is 19.9 Å². The third kappa shape index (κ3) is 2.40. The van der Waals surface area contributed by atoms with Crippen LogP contribution >= 0.6 is 15.9 Å². The van der Waals surface area contributed by atoms with Crippen molar-refractivity contribution in [1.29, 1.82) is 0 Å². The Labute approximate surface area is 175 Å². The molecule has 2 aromatic carbocycles. The van der Waals surface area contributed by atoms with Crippen molar-refractivity contribution in [3.63, 3.8) is 0 Å². The maximum Gasteiger partial charge on any atom is 0.196 e. The molecule has 4 heterocycles. The third-order valence-corrected chi connectivity index (χ3v) is 5.69. The van der Waals surface area contributed by atoms with E-state index in [-0.39, 0.29) is 0 Å². The number of hydrogen-bond donors (Lipinski definition) is 0. The summed E-state index contributed by atoms with van der Waals surface area (Å²) in [7, 11) is 1.99. The lowest BCUT2D eigenvalue weighted by Crippen LogP contribution is -2.11. The van der Waals surface area contributed by atoms with Crippen LogP contribution in [0.25, 0.3) is 49.6 Å². The summed E-state index contributed by atoms with van der Waals surface area (Å²) < 4.78 is 2.69. The monoisotopic (exact) mass is 437 g/mol. The van der Waals surface area contributed by atoms with Gasteiger partial charge in [0.15, 0.2) is 12.6 Å². The number of aromatic nitrogens is 5. The van der Waals surface area contributed by atoms with Gasteiger partial charge < -0.3 is 0 Å². The van der Waals surface area contributed by atoms with Gasteiger partial charge in [-0.3, -0.25) is 4.57 Å². The van der Waals surface area contributed by atoms with Crippen LogP contribution in [0.5, 0.6) is 0 Å². The summed E-state index contributed by atoms with van der Waals surface area (Å²) in [6, 6.07) is 20.7. The number of halogens is 1. The zero-order valence-electron chi connectivity index (χ0n) is 15.5. The Kier molecular flexibility index (Phi) is 3.49. The largest absolute Gasteiger partial charge is 0.278 e. The third-order valence-electron chi connectivity index (χ3n) is 5.34. The lowest BCUT2D eigenvalue weighted by molar-refractivity contribution is 1.07. The van der Waals surface area contributed by atoms with Crippen LogP contribution in [0, 0.1) is 0 Å². The Morgan fingerprint density at radius 1 is 0.759 bits per heavy atom. The molecule has 0 N–H and O–H groups in total. The normalized spacial score (nSPS) is 11.8. The Morgan fingerprint density at radius 2 is 1.59 bits per heavy atom. The lowest BCUT2D eigenvalue weighted by atomic mass is 9.97. The Balaban J connectivity index is 1.75. The van der Waals surface area contributed by atoms with Crippen LogP contribution in [0.2, 0.25) is 0 Å². The number of hydrogen-bond acceptors (Lipinski definition) is 4. The van der Waals surface area contributed by atoms with E-state index in [1.54, 1.807) is 0 Å². The molecule has 6 rings (SSSR count). The predicted molar refractivity (Wildman–Crippen MR) is 123 cm³/mol. The molecule has 0 bridgehead atoms. The van der Waals surface area contributed by atoms with Crippen molar-refractivity contribution in [2.75, 3.05) is 0 Å². The highest BCUT2D eigenvalue weighted by Crippen LogP contribution is 2.31. The van der Waals surface area contributed by atoms with E-state index in [1.165, 1.54) is 0 Å². The van der Waals surface area contributed by atoms with Gasteiger partial charge >= 0.3 is 0 Å². The second-order valence-electron chi connectivity index (χ2n) is 7.01. The molecule has 7 heteroatoms. The molecule has 0 fully saturated rings. The standard InChI is InChI=1S/C22H13BBrN5/c23-20-15-9-7-12-8-10-17(26-18(12)19(15)27-22(24)28-20)29-16-6-2-1-4-13(16)14-5-3-11-25-21(14)29/h1-11H,23H2. The van der Waals surface area contributed by atoms with Crippen molar-refractivity contribution < 1.29 is 0 Å². The van der Waals surface area contributed by atoms with Crippen molar-refractivity contribution in [2.45, 2.75) is 0 Å². The number of nitrogens with zero attached hydrogens (tertiary/aromatic N) is 5. The number of pyridine rings is 2. The van der Waals surface area contributed by atoms with Gasteiger partial charge in [-0.05, 0) is 46.3 Å². The van der Waals surface area contributed by atoms with Gasteiger partial charge in [-0.15, -0.1) is 0 Å². The minimum Gasteiger partial charge on any atom is -0.278 e. The van der Waals surface area contributed by atoms with Crippen molar-refractivity contribution in [2.24, 2.45) is 0 Å². The fraction of sp³-hybridized carbons (Fsp3) is 0. The zero-order chi connectivity index (χ0) is 19.5. The molecule has 136 valence electrons. The molecule has 0 aliphatic carbocycles. The molecule has 0 radical (unpaired) electrons. The van der Waals surface area contributed by atoms with E-state index < -0.39 is 0 Å². The lowest BCUT2D eigenvalue weighted by Gasteiger charge is -2.10. The average Bonchev–Trinajstić information content (AvgIpc) is 3.08. The molecule has 0 unspecified atom stereocenters. The fourth-order valence-corrected chi connectivity index (χ4v) is 4.48. The number of para-hydroxylation sites is 1. The van der Waals surface area contributed by atoms with Crippen molar-refractivity contribution in [1.82, 2.24) is 24.5 Å². The minimum atomic E-state index is 0.570. The van der Waals surface area contributed by atoms with Crippen LogP contribution in [0.3, 0.4) is 0 Å². The topological polar surface area (TPSA) is 56.5 Å². The van der Waals surface area contributed by atoms with Crippen LogP contribution < -0.4 is 5.59 Å². The highest BCUT2D eigenvalue weighted by molar-refractivity contribution is 9.10. The number of benzene rings is 2. The van der Waals surface area contributed by atoms with Gasteiger partial charge in [0.25, 0.3) is 0 Å². The Bertz CT molecular complexity index is 1540. The molecule has 29 heavy (non-hydrogen) atoms. The van der Waals surface area contributed by atoms with Crippen LogP contribution in [0.4, 0.5) is 0 Å². The second-order valence-corrected chi connectivity index (χ2v) is 7.72. The van der Waals surface area contributed by atoms with E-state index in [2.05, 4.69) is 77.9 Å². The van der Waals surface area contributed by atoms with Crippen LogP contribution in [0.1, 0.15) is 0 Å². The summed E-state index contributed by atoms with van der Waals surface area (Å²) >= 11 is 3.43.